The predicted molar refractivity (Wildman–Crippen MR) is 67.0 cm³/mol. The number of terminal acetylenes is 1. The van der Waals surface area contributed by atoms with Crippen LogP contribution in [0.15, 0.2) is 30.3 Å². The Morgan fingerprint density at radius 1 is 1.38 bits per heavy atom. The molecule has 0 heterocycles. The first-order valence-corrected chi connectivity index (χ1v) is 5.17. The van der Waals surface area contributed by atoms with Crippen LogP contribution < -0.4 is 5.90 Å². The molecule has 0 fully saturated rings. The Morgan fingerprint density at radius 2 is 1.94 bits per heavy atom. The summed E-state index contributed by atoms with van der Waals surface area (Å²) in [6.45, 7) is 2.92. The third-order valence-corrected chi connectivity index (χ3v) is 2.47. The zero-order valence-electron chi connectivity index (χ0n) is 9.93. The normalized spacial score (nSPS) is 11.2. The van der Waals surface area contributed by atoms with Gasteiger partial charge in [-0.2, -0.15) is 0 Å². The smallest absolute Gasteiger partial charge is 0.0598 e. The van der Waals surface area contributed by atoms with E-state index in [0.29, 0.717) is 12.6 Å². The predicted octanol–water partition coefficient (Wildman–Crippen LogP) is 1.52. The van der Waals surface area contributed by atoms with Crippen molar-refractivity contribution in [2.45, 2.75) is 19.4 Å². The van der Waals surface area contributed by atoms with Gasteiger partial charge in [0.2, 0.25) is 0 Å². The summed E-state index contributed by atoms with van der Waals surface area (Å²) in [6, 6.07) is 11.0. The minimum absolute atomic E-state index is 0.494. The maximum absolute atomic E-state index is 6.50. The van der Waals surface area contributed by atoms with Crippen molar-refractivity contribution in [3.8, 4) is 12.3 Å². The highest BCUT2D eigenvalue weighted by Gasteiger charge is 2.07. The Kier molecular flexibility index (Phi) is 8.18. The van der Waals surface area contributed by atoms with Gasteiger partial charge < -0.3 is 5.21 Å². The fourth-order valence-electron chi connectivity index (χ4n) is 1.41. The van der Waals surface area contributed by atoms with Crippen molar-refractivity contribution in [1.29, 1.82) is 0 Å². The molecule has 1 unspecified atom stereocenters. The van der Waals surface area contributed by atoms with E-state index in [1.165, 1.54) is 5.56 Å². The van der Waals surface area contributed by atoms with Crippen molar-refractivity contribution < 1.29 is 5.21 Å². The van der Waals surface area contributed by atoms with Gasteiger partial charge in [0.05, 0.1) is 6.54 Å². The molecule has 1 aromatic carbocycles. The molecule has 88 valence electrons. The van der Waals surface area contributed by atoms with E-state index in [1.54, 1.807) is 0 Å². The molecule has 0 bridgehead atoms. The standard InChI is InChI=1S/C13H17N.H3NO/c1-4-10-14(3)12(2)11-13-8-6-5-7-9-13;1-2/h1,5-9,12H,10-11H2,2-3H3;2H,1H2. The van der Waals surface area contributed by atoms with Crippen LogP contribution in [-0.2, 0) is 6.42 Å². The SMILES string of the molecule is C#CCN(C)C(C)Cc1ccccc1.NO. The molecule has 1 aromatic rings. The molecule has 16 heavy (non-hydrogen) atoms. The van der Waals surface area contributed by atoms with E-state index in [1.807, 2.05) is 6.07 Å². The number of nitrogens with two attached hydrogens (primary N) is 1. The van der Waals surface area contributed by atoms with Crippen molar-refractivity contribution in [1.82, 2.24) is 4.90 Å². The van der Waals surface area contributed by atoms with Crippen LogP contribution in [0.5, 0.6) is 0 Å². The Morgan fingerprint density at radius 3 is 2.44 bits per heavy atom. The monoisotopic (exact) mass is 220 g/mol. The lowest BCUT2D eigenvalue weighted by Gasteiger charge is -2.22. The maximum Gasteiger partial charge on any atom is 0.0598 e. The van der Waals surface area contributed by atoms with Crippen LogP contribution in [0.4, 0.5) is 0 Å². The number of likely N-dealkylation sites (N-methyl/N-ethyl adjacent to an activating group) is 1. The zero-order valence-corrected chi connectivity index (χ0v) is 9.93. The second-order valence-corrected chi connectivity index (χ2v) is 3.66. The van der Waals surface area contributed by atoms with E-state index >= 15 is 0 Å². The molecule has 1 rings (SSSR count). The summed E-state index contributed by atoms with van der Waals surface area (Å²) < 4.78 is 0. The lowest BCUT2D eigenvalue weighted by molar-refractivity contribution is 0.287. The Hall–Kier alpha value is -1.34. The molecule has 3 nitrogen and oxygen atoms in total. The second-order valence-electron chi connectivity index (χ2n) is 3.66. The number of nitrogens with zero attached hydrogens (tertiary/aromatic N) is 1. The summed E-state index contributed by atoms with van der Waals surface area (Å²) in [5, 5.41) is 6.50. The van der Waals surface area contributed by atoms with Gasteiger partial charge in [0.15, 0.2) is 0 Å². The highest BCUT2D eigenvalue weighted by atomic mass is 16.4. The molecule has 1 atom stereocenters. The molecule has 0 saturated carbocycles. The van der Waals surface area contributed by atoms with Crippen molar-refractivity contribution >= 4 is 0 Å². The van der Waals surface area contributed by atoms with E-state index in [9.17, 15) is 0 Å². The average molecular weight is 220 g/mol. The van der Waals surface area contributed by atoms with Gasteiger partial charge in [-0.05, 0) is 26.0 Å². The van der Waals surface area contributed by atoms with Crippen LogP contribution >= 0.6 is 0 Å². The fourth-order valence-corrected chi connectivity index (χ4v) is 1.41. The molecule has 0 radical (unpaired) electrons. The highest BCUT2D eigenvalue weighted by Crippen LogP contribution is 2.06. The van der Waals surface area contributed by atoms with E-state index in [2.05, 4.69) is 55.0 Å². The van der Waals surface area contributed by atoms with Crippen LogP contribution in [-0.4, -0.2) is 29.7 Å². The van der Waals surface area contributed by atoms with Crippen molar-refractivity contribution in [3.05, 3.63) is 35.9 Å². The quantitative estimate of drug-likeness (QED) is 0.597. The Balaban J connectivity index is 0.00000106. The summed E-state index contributed by atoms with van der Waals surface area (Å²) in [5.41, 5.74) is 1.36. The van der Waals surface area contributed by atoms with Crippen molar-refractivity contribution in [2.75, 3.05) is 13.6 Å². The topological polar surface area (TPSA) is 49.5 Å². The van der Waals surface area contributed by atoms with Gasteiger partial charge in [-0.15, -0.1) is 6.42 Å². The van der Waals surface area contributed by atoms with E-state index < -0.39 is 0 Å². The average Bonchev–Trinajstić information content (AvgIpc) is 2.33. The summed E-state index contributed by atoms with van der Waals surface area (Å²) in [6.07, 6.45) is 6.32. The number of hydrogen-bond donors (Lipinski definition) is 2. The number of hydrogen-bond acceptors (Lipinski definition) is 3. The lowest BCUT2D eigenvalue weighted by atomic mass is 10.1. The minimum atomic E-state index is 0.494. The first kappa shape index (κ1) is 14.7. The summed E-state index contributed by atoms with van der Waals surface area (Å²) in [4.78, 5) is 2.19. The molecule has 3 N–H and O–H groups in total. The van der Waals surface area contributed by atoms with Crippen LogP contribution in [0.1, 0.15) is 12.5 Å². The highest BCUT2D eigenvalue weighted by molar-refractivity contribution is 5.15. The van der Waals surface area contributed by atoms with Crippen LogP contribution in [0, 0.1) is 12.3 Å². The molecule has 0 saturated heterocycles. The van der Waals surface area contributed by atoms with Gasteiger partial charge in [0.1, 0.15) is 0 Å². The molecule has 0 aliphatic carbocycles. The largest absolute Gasteiger partial charge is 0.320 e. The van der Waals surface area contributed by atoms with E-state index in [-0.39, 0.29) is 0 Å². The summed E-state index contributed by atoms with van der Waals surface area (Å²) in [5.74, 6) is 6.16. The number of rotatable bonds is 4. The fraction of sp³-hybridized carbons (Fsp3) is 0.385. The van der Waals surface area contributed by atoms with Crippen molar-refractivity contribution in [3.63, 3.8) is 0 Å². The Labute approximate surface area is 97.8 Å². The third kappa shape index (κ3) is 5.52. The lowest BCUT2D eigenvalue weighted by Crippen LogP contribution is -2.31. The van der Waals surface area contributed by atoms with Gasteiger partial charge in [-0.3, -0.25) is 4.90 Å². The van der Waals surface area contributed by atoms with Gasteiger partial charge in [0, 0.05) is 6.04 Å². The molecule has 0 aliphatic heterocycles. The van der Waals surface area contributed by atoms with Crippen molar-refractivity contribution in [2.24, 2.45) is 5.90 Å². The van der Waals surface area contributed by atoms with E-state index in [4.69, 9.17) is 11.6 Å². The van der Waals surface area contributed by atoms with Gasteiger partial charge in [-0.1, -0.05) is 36.3 Å². The Bertz CT molecular complexity index is 305. The molecule has 0 aliphatic rings. The van der Waals surface area contributed by atoms with Crippen LogP contribution in [0.3, 0.4) is 0 Å². The van der Waals surface area contributed by atoms with Gasteiger partial charge in [0.25, 0.3) is 0 Å². The first-order chi connectivity index (χ1) is 7.74. The second kappa shape index (κ2) is 8.93. The van der Waals surface area contributed by atoms with Gasteiger partial charge in [-0.25, -0.2) is 5.90 Å². The first-order valence-electron chi connectivity index (χ1n) is 5.17. The molecular formula is C13H20N2O. The van der Waals surface area contributed by atoms with Gasteiger partial charge >= 0.3 is 0 Å². The molecule has 0 aromatic heterocycles. The molecule has 3 heteroatoms. The molecule has 0 amide bonds. The maximum atomic E-state index is 6.50. The molecular weight excluding hydrogens is 200 g/mol. The number of benzene rings is 1. The summed E-state index contributed by atoms with van der Waals surface area (Å²) >= 11 is 0. The van der Waals surface area contributed by atoms with E-state index in [0.717, 1.165) is 6.42 Å². The van der Waals surface area contributed by atoms with Crippen LogP contribution in [0.2, 0.25) is 0 Å². The molecule has 0 spiro atoms. The summed E-state index contributed by atoms with van der Waals surface area (Å²) in [7, 11) is 2.06. The third-order valence-electron chi connectivity index (χ3n) is 2.47. The minimum Gasteiger partial charge on any atom is -0.320 e. The zero-order chi connectivity index (χ0) is 12.4. The van der Waals surface area contributed by atoms with Crippen LogP contribution in [0.25, 0.3) is 0 Å².